The topological polar surface area (TPSA) is 26.8 Å². The molecule has 4 aromatic rings. The Balaban J connectivity index is 1.42. The summed E-state index contributed by atoms with van der Waals surface area (Å²) >= 11 is 6.11. The molecule has 0 aliphatic carbocycles. The fourth-order valence-corrected chi connectivity index (χ4v) is 6.41. The molecule has 1 saturated heterocycles. The van der Waals surface area contributed by atoms with Crippen LogP contribution in [0.25, 0.3) is 6.08 Å². The number of allylic oxidation sites excluding steroid dienone is 1. The van der Waals surface area contributed by atoms with Crippen LogP contribution < -0.4 is 4.90 Å². The molecule has 1 atom stereocenters. The van der Waals surface area contributed by atoms with Crippen LogP contribution in [-0.4, -0.2) is 47.9 Å². The Hall–Kier alpha value is -4.49. The van der Waals surface area contributed by atoms with E-state index < -0.39 is 17.8 Å². The molecule has 8 heteroatoms. The zero-order valence-corrected chi connectivity index (χ0v) is 29.3. The number of halogens is 4. The van der Waals surface area contributed by atoms with Crippen LogP contribution in [0.5, 0.6) is 0 Å². The van der Waals surface area contributed by atoms with Gasteiger partial charge in [0.15, 0.2) is 0 Å². The number of amides is 1. The third-order valence-electron chi connectivity index (χ3n) is 9.24. The number of alkyl halides is 3. The molecule has 50 heavy (non-hydrogen) atoms. The van der Waals surface area contributed by atoms with E-state index in [2.05, 4.69) is 42.7 Å². The van der Waals surface area contributed by atoms with Gasteiger partial charge in [0.05, 0.1) is 5.56 Å². The van der Waals surface area contributed by atoms with Gasteiger partial charge in [-0.2, -0.15) is 13.2 Å². The molecule has 0 aromatic heterocycles. The van der Waals surface area contributed by atoms with Gasteiger partial charge >= 0.3 is 6.18 Å². The molecule has 0 bridgehead atoms. The Labute approximate surface area is 299 Å². The maximum atomic E-state index is 14.6. The lowest BCUT2D eigenvalue weighted by molar-refractivity contribution is -0.138. The highest BCUT2D eigenvalue weighted by Crippen LogP contribution is 2.30. The monoisotopic (exact) mass is 699 g/mol. The molecule has 1 heterocycles. The number of carbonyl (C=O) groups excluding carboxylic acids is 1. The third kappa shape index (κ3) is 10.3. The van der Waals surface area contributed by atoms with E-state index in [-0.39, 0.29) is 5.91 Å². The molecule has 1 aliphatic heterocycles. The fourth-order valence-electron chi connectivity index (χ4n) is 6.29. The van der Waals surface area contributed by atoms with Crippen molar-refractivity contribution < 1.29 is 18.0 Å². The number of hydrogen-bond donors (Lipinski definition) is 0. The largest absolute Gasteiger partial charge is 0.416 e. The Morgan fingerprint density at radius 1 is 0.840 bits per heavy atom. The zero-order chi connectivity index (χ0) is 35.5. The highest BCUT2D eigenvalue weighted by molar-refractivity contribution is 6.30. The number of benzene rings is 4. The van der Waals surface area contributed by atoms with Gasteiger partial charge in [-0.1, -0.05) is 111 Å². The van der Waals surface area contributed by atoms with Crippen LogP contribution in [0.1, 0.15) is 54.0 Å². The van der Waals surface area contributed by atoms with Gasteiger partial charge in [0.25, 0.3) is 0 Å². The van der Waals surface area contributed by atoms with Crippen LogP contribution >= 0.6 is 11.6 Å². The molecule has 1 fully saturated rings. The standard InChI is InChI=1S/C42H45ClF3N3O/c1-3-4-6-9-33-14-16-36(17-15-33)31-49(32(2)12-13-34-18-20-37(21-19-34)42(44,45)46)40(30-35-10-7-5-8-11-35)41(50)48-28-26-47(27-29-48)39-24-22-38(43)23-25-39/h5,7-8,10-25,40H,2-4,6,9,26-31H2,1H3/b13-12+/t40-/m0/s1. The van der Waals surface area contributed by atoms with Crippen molar-refractivity contribution in [1.29, 1.82) is 0 Å². The van der Waals surface area contributed by atoms with Crippen molar-refractivity contribution in [3.05, 3.63) is 154 Å². The Bertz CT molecular complexity index is 1700. The zero-order valence-electron chi connectivity index (χ0n) is 28.6. The first-order valence-electron chi connectivity index (χ1n) is 17.3. The van der Waals surface area contributed by atoms with Crippen molar-refractivity contribution in [3.63, 3.8) is 0 Å². The minimum Gasteiger partial charge on any atom is -0.368 e. The van der Waals surface area contributed by atoms with Crippen LogP contribution in [0.2, 0.25) is 5.02 Å². The second-order valence-electron chi connectivity index (χ2n) is 12.8. The minimum atomic E-state index is -4.40. The van der Waals surface area contributed by atoms with Gasteiger partial charge in [0.1, 0.15) is 6.04 Å². The van der Waals surface area contributed by atoms with Crippen LogP contribution in [0.15, 0.2) is 121 Å². The Morgan fingerprint density at radius 3 is 2.10 bits per heavy atom. The lowest BCUT2D eigenvalue weighted by atomic mass is 10.00. The lowest BCUT2D eigenvalue weighted by Gasteiger charge is -2.41. The van der Waals surface area contributed by atoms with Crippen molar-refractivity contribution >= 4 is 29.3 Å². The van der Waals surface area contributed by atoms with Gasteiger partial charge in [0, 0.05) is 55.6 Å². The molecule has 0 spiro atoms. The number of aryl methyl sites for hydroxylation is 1. The molecule has 0 radical (unpaired) electrons. The normalized spacial score (nSPS) is 14.2. The van der Waals surface area contributed by atoms with Crippen molar-refractivity contribution in [1.82, 2.24) is 9.80 Å². The van der Waals surface area contributed by atoms with Gasteiger partial charge in [-0.05, 0) is 77.6 Å². The quantitative estimate of drug-likeness (QED) is 0.0969. The van der Waals surface area contributed by atoms with Crippen LogP contribution in [0, 0.1) is 0 Å². The average Bonchev–Trinajstić information content (AvgIpc) is 3.13. The van der Waals surface area contributed by atoms with Gasteiger partial charge in [-0.3, -0.25) is 4.79 Å². The second kappa shape index (κ2) is 17.4. The van der Waals surface area contributed by atoms with Crippen molar-refractivity contribution in [3.8, 4) is 0 Å². The highest BCUT2D eigenvalue weighted by Gasteiger charge is 2.33. The fraction of sp³-hybridized carbons (Fsp3) is 0.310. The number of rotatable bonds is 14. The summed E-state index contributed by atoms with van der Waals surface area (Å²) in [5, 5.41) is 0.685. The predicted octanol–water partition coefficient (Wildman–Crippen LogP) is 10.1. The molecule has 5 rings (SSSR count). The molecule has 4 nitrogen and oxygen atoms in total. The first-order chi connectivity index (χ1) is 24.1. The summed E-state index contributed by atoms with van der Waals surface area (Å²) in [4.78, 5) is 20.9. The Morgan fingerprint density at radius 2 is 1.48 bits per heavy atom. The first kappa shape index (κ1) is 36.8. The molecule has 4 aromatic carbocycles. The Kier molecular flexibility index (Phi) is 12.8. The van der Waals surface area contributed by atoms with Crippen molar-refractivity contribution in [2.24, 2.45) is 0 Å². The molecule has 1 aliphatic rings. The summed E-state index contributed by atoms with van der Waals surface area (Å²) in [6.45, 7) is 9.58. The van der Waals surface area contributed by atoms with E-state index in [0.717, 1.165) is 41.8 Å². The molecular weight excluding hydrogens is 655 g/mol. The van der Waals surface area contributed by atoms with E-state index in [1.54, 1.807) is 12.2 Å². The molecule has 1 amide bonds. The summed E-state index contributed by atoms with van der Waals surface area (Å²) in [6, 6.07) is 30.8. The SMILES string of the molecule is C=C(/C=C/c1ccc(C(F)(F)F)cc1)N(Cc1ccc(CCCCC)cc1)[C@@H](Cc1ccccc1)C(=O)N1CCN(c2ccc(Cl)cc2)CC1. The molecule has 0 N–H and O–H groups in total. The molecule has 0 unspecified atom stereocenters. The predicted molar refractivity (Wildman–Crippen MR) is 199 cm³/mol. The maximum absolute atomic E-state index is 14.6. The second-order valence-corrected chi connectivity index (χ2v) is 13.3. The summed E-state index contributed by atoms with van der Waals surface area (Å²) in [6.07, 6.45) is 4.15. The lowest BCUT2D eigenvalue weighted by Crippen LogP contribution is -2.55. The number of piperazine rings is 1. The smallest absolute Gasteiger partial charge is 0.368 e. The van der Waals surface area contributed by atoms with Gasteiger partial charge in [0.2, 0.25) is 5.91 Å². The summed E-state index contributed by atoms with van der Waals surface area (Å²) in [5.41, 5.74) is 4.95. The molecular formula is C42H45ClF3N3O. The summed E-state index contributed by atoms with van der Waals surface area (Å²) in [5.74, 6) is 0.0184. The van der Waals surface area contributed by atoms with E-state index in [9.17, 15) is 18.0 Å². The van der Waals surface area contributed by atoms with E-state index in [4.69, 9.17) is 11.6 Å². The van der Waals surface area contributed by atoms with Gasteiger partial charge in [-0.15, -0.1) is 0 Å². The minimum absolute atomic E-state index is 0.0184. The molecule has 262 valence electrons. The van der Waals surface area contributed by atoms with Crippen LogP contribution in [0.3, 0.4) is 0 Å². The first-order valence-corrected chi connectivity index (χ1v) is 17.7. The number of nitrogens with zero attached hydrogens (tertiary/aromatic N) is 3. The number of anilines is 1. The van der Waals surface area contributed by atoms with E-state index in [1.165, 1.54) is 30.5 Å². The molecule has 0 saturated carbocycles. The average molecular weight is 700 g/mol. The van der Waals surface area contributed by atoms with Crippen molar-refractivity contribution in [2.45, 2.75) is 57.8 Å². The van der Waals surface area contributed by atoms with E-state index >= 15 is 0 Å². The van der Waals surface area contributed by atoms with Crippen LogP contribution in [0.4, 0.5) is 18.9 Å². The van der Waals surface area contributed by atoms with E-state index in [1.807, 2.05) is 64.4 Å². The van der Waals surface area contributed by atoms with Gasteiger partial charge in [-0.25, -0.2) is 0 Å². The van der Waals surface area contributed by atoms with Gasteiger partial charge < -0.3 is 14.7 Å². The number of unbranched alkanes of at least 4 members (excludes halogenated alkanes) is 2. The maximum Gasteiger partial charge on any atom is 0.416 e. The summed E-state index contributed by atoms with van der Waals surface area (Å²) < 4.78 is 39.6. The summed E-state index contributed by atoms with van der Waals surface area (Å²) in [7, 11) is 0. The van der Waals surface area contributed by atoms with E-state index in [0.29, 0.717) is 55.4 Å². The van der Waals surface area contributed by atoms with Crippen molar-refractivity contribution in [2.75, 3.05) is 31.1 Å². The third-order valence-corrected chi connectivity index (χ3v) is 9.49. The number of hydrogen-bond acceptors (Lipinski definition) is 3. The van der Waals surface area contributed by atoms with Crippen LogP contribution in [-0.2, 0) is 30.4 Å². The number of carbonyl (C=O) groups is 1. The highest BCUT2D eigenvalue weighted by atomic mass is 35.5.